The van der Waals surface area contributed by atoms with Crippen molar-refractivity contribution < 1.29 is 4.79 Å². The van der Waals surface area contributed by atoms with Crippen LogP contribution in [0.2, 0.25) is 0 Å². The highest BCUT2D eigenvalue weighted by molar-refractivity contribution is 7.07. The van der Waals surface area contributed by atoms with Gasteiger partial charge in [-0.25, -0.2) is 0 Å². The topological polar surface area (TPSA) is 59.0 Å². The molecule has 0 atom stereocenters. The lowest BCUT2D eigenvalue weighted by Crippen LogP contribution is -2.54. The molecule has 112 valence electrons. The molecule has 5 nitrogen and oxygen atoms in total. The fourth-order valence-corrected chi connectivity index (χ4v) is 3.55. The van der Waals surface area contributed by atoms with Crippen LogP contribution in [0.3, 0.4) is 0 Å². The van der Waals surface area contributed by atoms with E-state index in [-0.39, 0.29) is 5.91 Å². The highest BCUT2D eigenvalue weighted by atomic mass is 32.1. The molecule has 1 aliphatic rings. The Morgan fingerprint density at radius 3 is 3.00 bits per heavy atom. The smallest absolute Gasteiger partial charge is 0.248 e. The van der Waals surface area contributed by atoms with Crippen LogP contribution in [0, 0.1) is 0 Å². The van der Waals surface area contributed by atoms with Gasteiger partial charge in [-0.3, -0.25) is 9.48 Å². The Hall–Kier alpha value is -1.66. The lowest BCUT2D eigenvalue weighted by molar-refractivity contribution is -0.131. The van der Waals surface area contributed by atoms with Gasteiger partial charge in [0.05, 0.1) is 0 Å². The van der Waals surface area contributed by atoms with Crippen LogP contribution in [0.15, 0.2) is 35.3 Å². The van der Waals surface area contributed by atoms with Crippen LogP contribution in [-0.4, -0.2) is 35.3 Å². The van der Waals surface area contributed by atoms with Crippen LogP contribution >= 0.6 is 11.3 Å². The minimum Gasteiger partial charge on any atom is -0.354 e. The maximum absolute atomic E-state index is 12.7. The zero-order chi connectivity index (χ0) is 14.5. The second-order valence-corrected chi connectivity index (χ2v) is 6.15. The average Bonchev–Trinajstić information content (AvgIpc) is 3.21. The SMILES string of the molecule is O=C(NCCc1ccsc1)C1(n2cccn2)CCNCC1. The second kappa shape index (κ2) is 6.41. The van der Waals surface area contributed by atoms with Crippen molar-refractivity contribution >= 4 is 17.2 Å². The third-order valence-electron chi connectivity index (χ3n) is 4.08. The first-order valence-corrected chi connectivity index (χ1v) is 8.26. The largest absolute Gasteiger partial charge is 0.354 e. The summed E-state index contributed by atoms with van der Waals surface area (Å²) in [7, 11) is 0. The van der Waals surface area contributed by atoms with Crippen LogP contribution in [0.1, 0.15) is 18.4 Å². The molecule has 6 heteroatoms. The number of hydrogen-bond acceptors (Lipinski definition) is 4. The summed E-state index contributed by atoms with van der Waals surface area (Å²) >= 11 is 1.69. The Morgan fingerprint density at radius 2 is 2.33 bits per heavy atom. The van der Waals surface area contributed by atoms with E-state index >= 15 is 0 Å². The van der Waals surface area contributed by atoms with Crippen molar-refractivity contribution in [2.45, 2.75) is 24.8 Å². The molecule has 3 heterocycles. The standard InChI is InChI=1S/C15H20N4OS/c20-14(17-7-2-13-3-11-21-12-13)15(4-8-16-9-5-15)19-10-1-6-18-19/h1,3,6,10-12,16H,2,4-5,7-9H2,(H,17,20). The van der Waals surface area contributed by atoms with Gasteiger partial charge in [-0.2, -0.15) is 16.4 Å². The van der Waals surface area contributed by atoms with E-state index in [1.807, 2.05) is 16.9 Å². The third-order valence-corrected chi connectivity index (χ3v) is 4.81. The van der Waals surface area contributed by atoms with Gasteiger partial charge in [0, 0.05) is 18.9 Å². The minimum atomic E-state index is -0.538. The molecular weight excluding hydrogens is 284 g/mol. The Kier molecular flexibility index (Phi) is 4.36. The Bertz CT molecular complexity index is 559. The van der Waals surface area contributed by atoms with Crippen molar-refractivity contribution in [3.05, 3.63) is 40.8 Å². The van der Waals surface area contributed by atoms with Crippen molar-refractivity contribution in [3.63, 3.8) is 0 Å². The third kappa shape index (κ3) is 3.01. The quantitative estimate of drug-likeness (QED) is 0.877. The summed E-state index contributed by atoms with van der Waals surface area (Å²) in [6.07, 6.45) is 6.06. The van der Waals surface area contributed by atoms with E-state index in [4.69, 9.17) is 0 Å². The van der Waals surface area contributed by atoms with Gasteiger partial charge < -0.3 is 10.6 Å². The number of rotatable bonds is 5. The summed E-state index contributed by atoms with van der Waals surface area (Å²) in [5.74, 6) is 0.0860. The van der Waals surface area contributed by atoms with E-state index in [9.17, 15) is 4.79 Å². The zero-order valence-corrected chi connectivity index (χ0v) is 12.7. The minimum absolute atomic E-state index is 0.0860. The molecule has 0 saturated carbocycles. The number of aromatic nitrogens is 2. The average molecular weight is 304 g/mol. The molecule has 1 aliphatic heterocycles. The van der Waals surface area contributed by atoms with Gasteiger partial charge in [-0.05, 0) is 60.8 Å². The maximum atomic E-state index is 12.7. The summed E-state index contributed by atoms with van der Waals surface area (Å²) in [6.45, 7) is 2.36. The monoisotopic (exact) mass is 304 g/mol. The normalized spacial score (nSPS) is 17.5. The fraction of sp³-hybridized carbons (Fsp3) is 0.467. The van der Waals surface area contributed by atoms with E-state index in [1.165, 1.54) is 5.56 Å². The lowest BCUT2D eigenvalue weighted by atomic mass is 9.87. The molecule has 2 aromatic heterocycles. The van der Waals surface area contributed by atoms with Gasteiger partial charge in [0.2, 0.25) is 5.91 Å². The molecule has 1 amide bonds. The number of amides is 1. The van der Waals surface area contributed by atoms with E-state index in [0.717, 1.165) is 32.4 Å². The number of hydrogen-bond donors (Lipinski definition) is 2. The molecule has 1 fully saturated rings. The van der Waals surface area contributed by atoms with Gasteiger partial charge in [0.25, 0.3) is 0 Å². The highest BCUT2D eigenvalue weighted by Crippen LogP contribution is 2.27. The molecule has 0 spiro atoms. The molecule has 0 unspecified atom stereocenters. The van der Waals surface area contributed by atoms with Crippen molar-refractivity contribution in [3.8, 4) is 0 Å². The van der Waals surface area contributed by atoms with E-state index in [2.05, 4.69) is 32.6 Å². The molecule has 0 aliphatic carbocycles. The number of thiophene rings is 1. The number of carbonyl (C=O) groups is 1. The first kappa shape index (κ1) is 14.3. The van der Waals surface area contributed by atoms with Crippen LogP contribution in [-0.2, 0) is 16.8 Å². The van der Waals surface area contributed by atoms with Crippen LogP contribution < -0.4 is 10.6 Å². The van der Waals surface area contributed by atoms with Crippen molar-refractivity contribution in [1.82, 2.24) is 20.4 Å². The van der Waals surface area contributed by atoms with Crippen molar-refractivity contribution in [1.29, 1.82) is 0 Å². The summed E-state index contributed by atoms with van der Waals surface area (Å²) in [4.78, 5) is 12.7. The van der Waals surface area contributed by atoms with Gasteiger partial charge in [-0.15, -0.1) is 0 Å². The lowest BCUT2D eigenvalue weighted by Gasteiger charge is -2.36. The number of carbonyl (C=O) groups excluding carboxylic acids is 1. The van der Waals surface area contributed by atoms with Crippen molar-refractivity contribution in [2.24, 2.45) is 0 Å². The summed E-state index contributed by atoms with van der Waals surface area (Å²) in [5, 5.41) is 14.9. The van der Waals surface area contributed by atoms with E-state index < -0.39 is 5.54 Å². The highest BCUT2D eigenvalue weighted by Gasteiger charge is 2.41. The summed E-state index contributed by atoms with van der Waals surface area (Å²) < 4.78 is 1.83. The second-order valence-electron chi connectivity index (χ2n) is 5.37. The first-order valence-electron chi connectivity index (χ1n) is 7.31. The predicted octanol–water partition coefficient (Wildman–Crippen LogP) is 1.38. The summed E-state index contributed by atoms with van der Waals surface area (Å²) in [5.41, 5.74) is 0.738. The number of nitrogens with zero attached hydrogens (tertiary/aromatic N) is 2. The molecule has 21 heavy (non-hydrogen) atoms. The Labute approximate surface area is 128 Å². The maximum Gasteiger partial charge on any atom is 0.248 e. The molecule has 1 saturated heterocycles. The number of piperidine rings is 1. The fourth-order valence-electron chi connectivity index (χ4n) is 2.84. The van der Waals surface area contributed by atoms with Crippen LogP contribution in [0.4, 0.5) is 0 Å². The van der Waals surface area contributed by atoms with E-state index in [1.54, 1.807) is 17.5 Å². The van der Waals surface area contributed by atoms with Crippen molar-refractivity contribution in [2.75, 3.05) is 19.6 Å². The molecule has 0 bridgehead atoms. The van der Waals surface area contributed by atoms with Gasteiger partial charge in [0.1, 0.15) is 5.54 Å². The summed E-state index contributed by atoms with van der Waals surface area (Å²) in [6, 6.07) is 3.98. The first-order chi connectivity index (χ1) is 10.3. The van der Waals surface area contributed by atoms with E-state index in [0.29, 0.717) is 6.54 Å². The Balaban J connectivity index is 1.66. The molecule has 3 rings (SSSR count). The van der Waals surface area contributed by atoms with Crippen LogP contribution in [0.5, 0.6) is 0 Å². The van der Waals surface area contributed by atoms with Gasteiger partial charge in [-0.1, -0.05) is 0 Å². The molecule has 0 radical (unpaired) electrons. The zero-order valence-electron chi connectivity index (χ0n) is 11.9. The van der Waals surface area contributed by atoms with Crippen LogP contribution in [0.25, 0.3) is 0 Å². The molecule has 0 aromatic carbocycles. The molecular formula is C15H20N4OS. The predicted molar refractivity (Wildman–Crippen MR) is 83.3 cm³/mol. The molecule has 2 aromatic rings. The number of nitrogens with one attached hydrogen (secondary N) is 2. The molecule has 2 N–H and O–H groups in total. The van der Waals surface area contributed by atoms with Gasteiger partial charge >= 0.3 is 0 Å². The van der Waals surface area contributed by atoms with Gasteiger partial charge in [0.15, 0.2) is 0 Å². The Morgan fingerprint density at radius 1 is 1.48 bits per heavy atom.